The van der Waals surface area contributed by atoms with E-state index in [1.807, 2.05) is 18.1 Å². The Morgan fingerprint density at radius 1 is 1.42 bits per heavy atom. The van der Waals surface area contributed by atoms with Crippen molar-refractivity contribution in [1.82, 2.24) is 19.6 Å². The smallest absolute Gasteiger partial charge is 0.274 e. The van der Waals surface area contributed by atoms with Crippen LogP contribution in [0.4, 0.5) is 0 Å². The molecular weight excluding hydrogens is 304 g/mol. The molecule has 1 amide bonds. The number of hydrogen-bond donors (Lipinski definition) is 0. The third kappa shape index (κ3) is 3.98. The maximum Gasteiger partial charge on any atom is 0.274 e. The minimum absolute atomic E-state index is 0.00384. The summed E-state index contributed by atoms with van der Waals surface area (Å²) in [6.07, 6.45) is 7.28. The van der Waals surface area contributed by atoms with Gasteiger partial charge < -0.3 is 14.5 Å². The number of rotatable bonds is 4. The summed E-state index contributed by atoms with van der Waals surface area (Å²) >= 11 is 0. The molecule has 3 rings (SSSR count). The monoisotopic (exact) mass is 334 g/mol. The van der Waals surface area contributed by atoms with Gasteiger partial charge in [0, 0.05) is 32.9 Å². The van der Waals surface area contributed by atoms with Crippen LogP contribution in [0.15, 0.2) is 12.3 Å². The number of carbonyl (C=O) groups excluding carboxylic acids is 1. The first kappa shape index (κ1) is 17.4. The van der Waals surface area contributed by atoms with E-state index in [4.69, 9.17) is 4.74 Å². The van der Waals surface area contributed by atoms with Crippen molar-refractivity contribution in [1.29, 1.82) is 0 Å². The van der Waals surface area contributed by atoms with E-state index in [-0.39, 0.29) is 11.5 Å². The summed E-state index contributed by atoms with van der Waals surface area (Å²) in [5.41, 5.74) is 0.540. The van der Waals surface area contributed by atoms with Crippen molar-refractivity contribution in [2.24, 2.45) is 13.0 Å². The lowest BCUT2D eigenvalue weighted by molar-refractivity contribution is -0.124. The van der Waals surface area contributed by atoms with Crippen LogP contribution in [0, 0.1) is 5.92 Å². The molecule has 24 heavy (non-hydrogen) atoms. The maximum absolute atomic E-state index is 12.5. The van der Waals surface area contributed by atoms with E-state index in [1.54, 1.807) is 10.7 Å². The van der Waals surface area contributed by atoms with Gasteiger partial charge in [-0.2, -0.15) is 5.10 Å². The quantitative estimate of drug-likeness (QED) is 0.842. The van der Waals surface area contributed by atoms with Gasteiger partial charge >= 0.3 is 0 Å². The van der Waals surface area contributed by atoms with Gasteiger partial charge in [0.05, 0.1) is 5.60 Å². The van der Waals surface area contributed by atoms with Gasteiger partial charge in [-0.15, -0.1) is 0 Å². The summed E-state index contributed by atoms with van der Waals surface area (Å²) < 4.78 is 7.89. The Balaban J connectivity index is 1.54. The van der Waals surface area contributed by atoms with Crippen LogP contribution < -0.4 is 0 Å². The van der Waals surface area contributed by atoms with Crippen molar-refractivity contribution in [2.75, 3.05) is 40.3 Å². The largest absolute Gasteiger partial charge is 0.375 e. The van der Waals surface area contributed by atoms with Crippen LogP contribution in [0.3, 0.4) is 0 Å². The van der Waals surface area contributed by atoms with Crippen molar-refractivity contribution < 1.29 is 9.53 Å². The fourth-order valence-electron chi connectivity index (χ4n) is 3.97. The molecule has 0 aromatic carbocycles. The number of piperidine rings is 1. The summed E-state index contributed by atoms with van der Waals surface area (Å²) in [4.78, 5) is 16.7. The number of hydrogen-bond acceptors (Lipinski definition) is 4. The lowest BCUT2D eigenvalue weighted by Crippen LogP contribution is -2.51. The predicted molar refractivity (Wildman–Crippen MR) is 92.9 cm³/mol. The summed E-state index contributed by atoms with van der Waals surface area (Å²) in [5.74, 6) is 0.796. The minimum atomic E-state index is -0.00384. The van der Waals surface area contributed by atoms with E-state index in [2.05, 4.69) is 24.1 Å². The first-order chi connectivity index (χ1) is 11.5. The second-order valence-electron chi connectivity index (χ2n) is 7.65. The molecular formula is C18H30N4O2. The highest BCUT2D eigenvalue weighted by atomic mass is 16.5. The Bertz CT molecular complexity index is 561. The van der Waals surface area contributed by atoms with Crippen LogP contribution >= 0.6 is 0 Å². The first-order valence-electron chi connectivity index (χ1n) is 9.05. The molecule has 2 saturated heterocycles. The molecule has 0 radical (unpaired) electrons. The summed E-state index contributed by atoms with van der Waals surface area (Å²) in [6.45, 7) is 3.56. The van der Waals surface area contributed by atoms with Gasteiger partial charge in [-0.05, 0) is 64.7 Å². The van der Waals surface area contributed by atoms with Gasteiger partial charge in [-0.3, -0.25) is 9.48 Å². The zero-order valence-corrected chi connectivity index (χ0v) is 15.2. The standard InChI is InChI=1S/C18H30N4O2/c1-20(2)9-4-15-6-13-24-18(14-15)7-11-22(12-8-18)17(23)16-5-10-21(3)19-16/h5,10,15H,4,6-9,11-14H2,1-3H3. The van der Waals surface area contributed by atoms with Crippen molar-refractivity contribution >= 4 is 5.91 Å². The van der Waals surface area contributed by atoms with Crippen molar-refractivity contribution in [3.05, 3.63) is 18.0 Å². The van der Waals surface area contributed by atoms with Crippen LogP contribution in [0.2, 0.25) is 0 Å². The Kier molecular flexibility index (Phi) is 5.25. The van der Waals surface area contributed by atoms with Gasteiger partial charge in [0.25, 0.3) is 5.91 Å². The highest BCUT2D eigenvalue weighted by molar-refractivity contribution is 5.92. The average Bonchev–Trinajstić information content (AvgIpc) is 3.00. The summed E-state index contributed by atoms with van der Waals surface area (Å²) in [5, 5.41) is 4.23. The second kappa shape index (κ2) is 7.23. The molecule has 1 atom stereocenters. The SMILES string of the molecule is CN(C)CCC1CCOC2(CCN(C(=O)c3ccn(C)n3)CC2)C1. The van der Waals surface area contributed by atoms with E-state index in [0.717, 1.165) is 51.4 Å². The third-order valence-corrected chi connectivity index (χ3v) is 5.47. The lowest BCUT2D eigenvalue weighted by atomic mass is 9.78. The number of ether oxygens (including phenoxy) is 1. The molecule has 0 aliphatic carbocycles. The Labute approximate surface area is 144 Å². The molecule has 3 heterocycles. The Hall–Kier alpha value is -1.40. The van der Waals surface area contributed by atoms with Gasteiger partial charge in [0.2, 0.25) is 0 Å². The minimum Gasteiger partial charge on any atom is -0.375 e. The summed E-state index contributed by atoms with van der Waals surface area (Å²) in [6, 6.07) is 1.79. The van der Waals surface area contributed by atoms with Crippen molar-refractivity contribution in [3.63, 3.8) is 0 Å². The molecule has 0 N–H and O–H groups in total. The number of carbonyl (C=O) groups is 1. The molecule has 6 heteroatoms. The number of nitrogens with zero attached hydrogens (tertiary/aromatic N) is 4. The van der Waals surface area contributed by atoms with E-state index < -0.39 is 0 Å². The molecule has 1 spiro atoms. The molecule has 6 nitrogen and oxygen atoms in total. The highest BCUT2D eigenvalue weighted by Gasteiger charge is 2.41. The fraction of sp³-hybridized carbons (Fsp3) is 0.778. The van der Waals surface area contributed by atoms with Gasteiger partial charge in [-0.1, -0.05) is 0 Å². The highest BCUT2D eigenvalue weighted by Crippen LogP contribution is 2.39. The van der Waals surface area contributed by atoms with Crippen LogP contribution in [0.1, 0.15) is 42.6 Å². The molecule has 0 saturated carbocycles. The normalized spacial score (nSPS) is 23.8. The average molecular weight is 334 g/mol. The van der Waals surface area contributed by atoms with Crippen LogP contribution in [0.5, 0.6) is 0 Å². The second-order valence-corrected chi connectivity index (χ2v) is 7.65. The molecule has 134 valence electrons. The van der Waals surface area contributed by atoms with E-state index >= 15 is 0 Å². The molecule has 1 aromatic heterocycles. The zero-order valence-electron chi connectivity index (χ0n) is 15.2. The summed E-state index contributed by atoms with van der Waals surface area (Å²) in [7, 11) is 6.11. The molecule has 1 unspecified atom stereocenters. The maximum atomic E-state index is 12.5. The van der Waals surface area contributed by atoms with E-state index in [9.17, 15) is 4.79 Å². The van der Waals surface area contributed by atoms with E-state index in [1.165, 1.54) is 12.8 Å². The lowest BCUT2D eigenvalue weighted by Gasteiger charge is -2.46. The fourth-order valence-corrected chi connectivity index (χ4v) is 3.97. The molecule has 2 aliphatic heterocycles. The predicted octanol–water partition coefficient (Wildman–Crippen LogP) is 1.77. The van der Waals surface area contributed by atoms with Crippen molar-refractivity contribution in [2.45, 2.75) is 37.7 Å². The number of likely N-dealkylation sites (tertiary alicyclic amines) is 1. The Morgan fingerprint density at radius 3 is 2.79 bits per heavy atom. The van der Waals surface area contributed by atoms with Crippen molar-refractivity contribution in [3.8, 4) is 0 Å². The topological polar surface area (TPSA) is 50.6 Å². The number of aromatic nitrogens is 2. The number of aryl methyl sites for hydroxylation is 1. The first-order valence-corrected chi connectivity index (χ1v) is 9.05. The van der Waals surface area contributed by atoms with Gasteiger partial charge in [0.15, 0.2) is 0 Å². The van der Waals surface area contributed by atoms with Crippen LogP contribution in [0.25, 0.3) is 0 Å². The molecule has 1 aromatic rings. The van der Waals surface area contributed by atoms with E-state index in [0.29, 0.717) is 5.69 Å². The molecule has 0 bridgehead atoms. The van der Waals surface area contributed by atoms with Crippen LogP contribution in [-0.4, -0.2) is 71.4 Å². The van der Waals surface area contributed by atoms with Crippen LogP contribution in [-0.2, 0) is 11.8 Å². The third-order valence-electron chi connectivity index (χ3n) is 5.47. The zero-order chi connectivity index (χ0) is 17.2. The molecule has 2 fully saturated rings. The molecule has 2 aliphatic rings. The van der Waals surface area contributed by atoms with Gasteiger partial charge in [0.1, 0.15) is 5.69 Å². The van der Waals surface area contributed by atoms with Gasteiger partial charge in [-0.25, -0.2) is 0 Å². The number of amides is 1. The Morgan fingerprint density at radius 2 is 2.17 bits per heavy atom.